The van der Waals surface area contributed by atoms with Gasteiger partial charge in [0.05, 0.1) is 5.69 Å². The number of hydrogen-bond acceptors (Lipinski definition) is 3. The van der Waals surface area contributed by atoms with Crippen molar-refractivity contribution in [2.45, 2.75) is 19.3 Å². The van der Waals surface area contributed by atoms with Crippen LogP contribution < -0.4 is 10.2 Å². The van der Waals surface area contributed by atoms with Crippen molar-refractivity contribution < 1.29 is 18.0 Å². The third-order valence-corrected chi connectivity index (χ3v) is 3.93. The highest BCUT2D eigenvalue weighted by Crippen LogP contribution is 2.21. The van der Waals surface area contributed by atoms with Crippen LogP contribution in [0.5, 0.6) is 0 Å². The second kappa shape index (κ2) is 6.90. The summed E-state index contributed by atoms with van der Waals surface area (Å²) in [5.41, 5.74) is -0.341. The average molecular weight is 335 g/mol. The van der Waals surface area contributed by atoms with Crippen LogP contribution in [0.15, 0.2) is 30.3 Å². The van der Waals surface area contributed by atoms with E-state index in [1.165, 1.54) is 12.5 Å². The Hall–Kier alpha value is -2.57. The van der Waals surface area contributed by atoms with Crippen molar-refractivity contribution in [1.82, 2.24) is 4.98 Å². The predicted octanol–water partition coefficient (Wildman–Crippen LogP) is 3.74. The van der Waals surface area contributed by atoms with Crippen LogP contribution in [0.25, 0.3) is 0 Å². The zero-order valence-corrected chi connectivity index (χ0v) is 12.9. The molecule has 24 heavy (non-hydrogen) atoms. The number of halogens is 3. The summed E-state index contributed by atoms with van der Waals surface area (Å²) >= 11 is 0. The number of nitrogens with zero attached hydrogens (tertiary/aromatic N) is 2. The summed E-state index contributed by atoms with van der Waals surface area (Å²) < 4.78 is 39.8. The summed E-state index contributed by atoms with van der Waals surface area (Å²) in [6.07, 6.45) is 3.31. The minimum absolute atomic E-state index is 0.0854. The number of pyridine rings is 1. The topological polar surface area (TPSA) is 45.2 Å². The highest BCUT2D eigenvalue weighted by molar-refractivity contribution is 6.03. The van der Waals surface area contributed by atoms with Gasteiger partial charge in [-0.3, -0.25) is 4.79 Å². The van der Waals surface area contributed by atoms with E-state index in [0.29, 0.717) is 5.82 Å². The van der Waals surface area contributed by atoms with E-state index in [1.807, 2.05) is 0 Å². The molecule has 0 aliphatic carbocycles. The van der Waals surface area contributed by atoms with Crippen LogP contribution in [0.2, 0.25) is 0 Å². The van der Waals surface area contributed by atoms with E-state index in [2.05, 4.69) is 15.2 Å². The summed E-state index contributed by atoms with van der Waals surface area (Å²) in [5.74, 6) is -4.37. The molecular formula is C17H16F3N3O. The molecule has 0 spiro atoms. The van der Waals surface area contributed by atoms with Crippen molar-refractivity contribution in [3.05, 3.63) is 53.5 Å². The van der Waals surface area contributed by atoms with Crippen LogP contribution in [-0.4, -0.2) is 24.0 Å². The van der Waals surface area contributed by atoms with Gasteiger partial charge in [-0.25, -0.2) is 18.2 Å². The van der Waals surface area contributed by atoms with Gasteiger partial charge in [0.15, 0.2) is 17.5 Å². The quantitative estimate of drug-likeness (QED) is 0.869. The number of nitrogens with one attached hydrogen (secondary N) is 1. The Morgan fingerprint density at radius 1 is 1.00 bits per heavy atom. The molecule has 1 aromatic heterocycles. The van der Waals surface area contributed by atoms with Crippen molar-refractivity contribution in [1.29, 1.82) is 0 Å². The van der Waals surface area contributed by atoms with E-state index >= 15 is 0 Å². The Morgan fingerprint density at radius 2 is 1.75 bits per heavy atom. The molecule has 1 amide bonds. The molecular weight excluding hydrogens is 319 g/mol. The average Bonchev–Trinajstić information content (AvgIpc) is 2.63. The molecule has 0 radical (unpaired) electrons. The van der Waals surface area contributed by atoms with Gasteiger partial charge in [-0.2, -0.15) is 0 Å². The lowest BCUT2D eigenvalue weighted by Crippen LogP contribution is -2.30. The number of rotatable bonds is 3. The first-order valence-corrected chi connectivity index (χ1v) is 7.73. The number of amides is 1. The van der Waals surface area contributed by atoms with Crippen LogP contribution in [0.3, 0.4) is 0 Å². The SMILES string of the molecule is O=C(Nc1ccc(F)c(F)c1F)c1cccc(N2CCCCC2)n1. The molecule has 1 saturated heterocycles. The van der Waals surface area contributed by atoms with Crippen molar-refractivity contribution >= 4 is 17.4 Å². The largest absolute Gasteiger partial charge is 0.357 e. The van der Waals surface area contributed by atoms with E-state index in [0.717, 1.165) is 38.1 Å². The van der Waals surface area contributed by atoms with E-state index in [9.17, 15) is 18.0 Å². The van der Waals surface area contributed by atoms with Gasteiger partial charge in [0.1, 0.15) is 11.5 Å². The highest BCUT2D eigenvalue weighted by atomic mass is 19.2. The standard InChI is InChI=1S/C17H16F3N3O/c18-11-7-8-12(16(20)15(11)19)22-17(24)13-5-4-6-14(21-13)23-9-2-1-3-10-23/h4-8H,1-3,9-10H2,(H,22,24). The number of aromatic nitrogens is 1. The molecule has 2 aromatic rings. The molecule has 126 valence electrons. The summed E-state index contributed by atoms with van der Waals surface area (Å²) in [4.78, 5) is 18.6. The molecule has 7 heteroatoms. The Bertz CT molecular complexity index is 761. The van der Waals surface area contributed by atoms with Crippen molar-refractivity contribution in [2.24, 2.45) is 0 Å². The minimum Gasteiger partial charge on any atom is -0.357 e. The van der Waals surface area contributed by atoms with Crippen molar-refractivity contribution in [3.8, 4) is 0 Å². The van der Waals surface area contributed by atoms with Gasteiger partial charge in [-0.1, -0.05) is 6.07 Å². The second-order valence-corrected chi connectivity index (χ2v) is 5.61. The third-order valence-electron chi connectivity index (χ3n) is 3.93. The fraction of sp³-hybridized carbons (Fsp3) is 0.294. The number of carbonyl (C=O) groups is 1. The van der Waals surface area contributed by atoms with Gasteiger partial charge in [0.25, 0.3) is 5.91 Å². The molecule has 2 heterocycles. The monoisotopic (exact) mass is 335 g/mol. The Morgan fingerprint density at radius 3 is 2.50 bits per heavy atom. The van der Waals surface area contributed by atoms with Crippen LogP contribution in [-0.2, 0) is 0 Å². The lowest BCUT2D eigenvalue weighted by Gasteiger charge is -2.27. The maximum atomic E-state index is 13.7. The summed E-state index contributed by atoms with van der Waals surface area (Å²) in [7, 11) is 0. The van der Waals surface area contributed by atoms with Gasteiger partial charge in [-0.15, -0.1) is 0 Å². The molecule has 0 saturated carbocycles. The highest BCUT2D eigenvalue weighted by Gasteiger charge is 2.18. The van der Waals surface area contributed by atoms with Crippen LogP contribution in [0.1, 0.15) is 29.8 Å². The van der Waals surface area contributed by atoms with E-state index in [1.54, 1.807) is 12.1 Å². The van der Waals surface area contributed by atoms with Crippen molar-refractivity contribution in [3.63, 3.8) is 0 Å². The number of benzene rings is 1. The second-order valence-electron chi connectivity index (χ2n) is 5.61. The fourth-order valence-electron chi connectivity index (χ4n) is 2.66. The fourth-order valence-corrected chi connectivity index (χ4v) is 2.66. The minimum atomic E-state index is -1.62. The zero-order valence-electron chi connectivity index (χ0n) is 12.9. The summed E-state index contributed by atoms with van der Waals surface area (Å²) in [6, 6.07) is 6.71. The predicted molar refractivity (Wildman–Crippen MR) is 84.6 cm³/mol. The third kappa shape index (κ3) is 3.34. The van der Waals surface area contributed by atoms with Crippen LogP contribution in [0.4, 0.5) is 24.7 Å². The maximum absolute atomic E-state index is 13.7. The van der Waals surface area contributed by atoms with Crippen molar-refractivity contribution in [2.75, 3.05) is 23.3 Å². The number of hydrogen-bond donors (Lipinski definition) is 1. The lowest BCUT2D eigenvalue weighted by molar-refractivity contribution is 0.102. The Balaban J connectivity index is 1.79. The summed E-state index contributed by atoms with van der Waals surface area (Å²) in [5, 5.41) is 2.22. The molecule has 4 nitrogen and oxygen atoms in total. The van der Waals surface area contributed by atoms with Gasteiger partial charge in [-0.05, 0) is 43.5 Å². The van der Waals surface area contributed by atoms with Crippen LogP contribution in [0, 0.1) is 17.5 Å². The molecule has 1 fully saturated rings. The number of piperidine rings is 1. The molecule has 1 aliphatic rings. The van der Waals surface area contributed by atoms with Gasteiger partial charge in [0, 0.05) is 13.1 Å². The van der Waals surface area contributed by atoms with Crippen LogP contribution >= 0.6 is 0 Å². The lowest BCUT2D eigenvalue weighted by atomic mass is 10.1. The summed E-state index contributed by atoms with van der Waals surface area (Å²) in [6.45, 7) is 1.74. The van der Waals surface area contributed by atoms with Gasteiger partial charge < -0.3 is 10.2 Å². The zero-order chi connectivity index (χ0) is 17.1. The first-order chi connectivity index (χ1) is 11.6. The molecule has 0 bridgehead atoms. The Kier molecular flexibility index (Phi) is 4.69. The molecule has 0 atom stereocenters. The smallest absolute Gasteiger partial charge is 0.274 e. The van der Waals surface area contributed by atoms with E-state index < -0.39 is 29.0 Å². The van der Waals surface area contributed by atoms with E-state index in [4.69, 9.17) is 0 Å². The maximum Gasteiger partial charge on any atom is 0.274 e. The normalized spacial score (nSPS) is 14.5. The first kappa shape index (κ1) is 16.3. The van der Waals surface area contributed by atoms with E-state index in [-0.39, 0.29) is 5.69 Å². The molecule has 0 unspecified atom stereocenters. The molecule has 3 rings (SSSR count). The molecule has 1 N–H and O–H groups in total. The molecule has 1 aromatic carbocycles. The van der Waals surface area contributed by atoms with Gasteiger partial charge >= 0.3 is 0 Å². The number of carbonyl (C=O) groups excluding carboxylic acids is 1. The first-order valence-electron chi connectivity index (χ1n) is 7.73. The van der Waals surface area contributed by atoms with Gasteiger partial charge in [0.2, 0.25) is 0 Å². The number of anilines is 2. The Labute approximate surface area is 137 Å². The molecule has 1 aliphatic heterocycles.